The average Bonchev–Trinajstić information content (AvgIpc) is 2.79. The molecule has 0 bridgehead atoms. The number of likely N-dealkylation sites (tertiary alicyclic amines) is 1. The lowest BCUT2D eigenvalue weighted by Crippen LogP contribution is -2.35. The van der Waals surface area contributed by atoms with Crippen molar-refractivity contribution in [1.29, 1.82) is 0 Å². The van der Waals surface area contributed by atoms with Gasteiger partial charge in [0.05, 0.1) is 0 Å². The van der Waals surface area contributed by atoms with Crippen LogP contribution < -0.4 is 0 Å². The molecule has 1 heterocycles. The maximum Gasteiger partial charge on any atom is 0.410 e. The highest BCUT2D eigenvalue weighted by Crippen LogP contribution is 2.33. The van der Waals surface area contributed by atoms with E-state index in [9.17, 15) is 9.18 Å². The van der Waals surface area contributed by atoms with E-state index < -0.39 is 5.60 Å². The lowest BCUT2D eigenvalue weighted by Gasteiger charge is -2.24. The van der Waals surface area contributed by atoms with Crippen molar-refractivity contribution in [2.45, 2.75) is 38.7 Å². The average molecular weight is 300 g/mol. The van der Waals surface area contributed by atoms with Crippen LogP contribution >= 0.6 is 11.6 Å². The topological polar surface area (TPSA) is 29.5 Å². The van der Waals surface area contributed by atoms with E-state index in [-0.39, 0.29) is 17.8 Å². The number of carbonyl (C=O) groups excluding carboxylic acids is 1. The molecule has 1 unspecified atom stereocenters. The Morgan fingerprint density at radius 1 is 1.45 bits per heavy atom. The Bertz CT molecular complexity index is 513. The lowest BCUT2D eigenvalue weighted by atomic mass is 9.98. The van der Waals surface area contributed by atoms with Crippen molar-refractivity contribution in [3.05, 3.63) is 34.6 Å². The standard InChI is InChI=1S/C15H19ClFNO2/c1-15(2,3)20-14(19)18-7-6-10(9-18)12-8-11(17)4-5-13(12)16/h4-5,8,10H,6-7,9H2,1-3H3. The molecule has 1 saturated heterocycles. The second-order valence-electron chi connectivity index (χ2n) is 6.08. The number of nitrogens with zero attached hydrogens (tertiary/aromatic N) is 1. The van der Waals surface area contributed by atoms with Gasteiger partial charge < -0.3 is 9.64 Å². The first-order valence-corrected chi connectivity index (χ1v) is 7.07. The van der Waals surface area contributed by atoms with Crippen molar-refractivity contribution in [2.75, 3.05) is 13.1 Å². The van der Waals surface area contributed by atoms with Gasteiger partial charge in [-0.15, -0.1) is 0 Å². The second-order valence-corrected chi connectivity index (χ2v) is 6.48. The zero-order chi connectivity index (χ0) is 14.9. The van der Waals surface area contributed by atoms with E-state index >= 15 is 0 Å². The smallest absolute Gasteiger partial charge is 0.410 e. The van der Waals surface area contributed by atoms with Gasteiger partial charge in [-0.05, 0) is 51.0 Å². The monoisotopic (exact) mass is 299 g/mol. The summed E-state index contributed by atoms with van der Waals surface area (Å²) in [5.74, 6) is -0.245. The minimum Gasteiger partial charge on any atom is -0.444 e. The van der Waals surface area contributed by atoms with Crippen LogP contribution in [0.15, 0.2) is 18.2 Å². The molecule has 0 saturated carbocycles. The highest BCUT2D eigenvalue weighted by molar-refractivity contribution is 6.31. The minimum absolute atomic E-state index is 0.0609. The Morgan fingerprint density at radius 2 is 2.15 bits per heavy atom. The van der Waals surface area contributed by atoms with Crippen LogP contribution in [0.25, 0.3) is 0 Å². The lowest BCUT2D eigenvalue weighted by molar-refractivity contribution is 0.0292. The van der Waals surface area contributed by atoms with Crippen molar-refractivity contribution in [3.63, 3.8) is 0 Å². The summed E-state index contributed by atoms with van der Waals surface area (Å²) in [5.41, 5.74) is 0.254. The Labute approximate surface area is 123 Å². The van der Waals surface area contributed by atoms with Crippen LogP contribution in [0, 0.1) is 5.82 Å². The molecule has 1 amide bonds. The Morgan fingerprint density at radius 3 is 2.80 bits per heavy atom. The van der Waals surface area contributed by atoms with Gasteiger partial charge in [0.25, 0.3) is 0 Å². The van der Waals surface area contributed by atoms with E-state index in [2.05, 4.69) is 0 Å². The largest absolute Gasteiger partial charge is 0.444 e. The first kappa shape index (κ1) is 15.1. The van der Waals surface area contributed by atoms with Crippen molar-refractivity contribution < 1.29 is 13.9 Å². The van der Waals surface area contributed by atoms with Crippen LogP contribution in [0.3, 0.4) is 0 Å². The van der Waals surface area contributed by atoms with E-state index in [1.807, 2.05) is 20.8 Å². The molecule has 1 aliphatic heterocycles. The number of rotatable bonds is 1. The fraction of sp³-hybridized carbons (Fsp3) is 0.533. The first-order chi connectivity index (χ1) is 9.26. The van der Waals surface area contributed by atoms with Gasteiger partial charge in [-0.25, -0.2) is 9.18 Å². The van der Waals surface area contributed by atoms with Crippen molar-refractivity contribution in [3.8, 4) is 0 Å². The number of ether oxygens (including phenoxy) is 1. The van der Waals surface area contributed by atoms with Crippen molar-refractivity contribution >= 4 is 17.7 Å². The van der Waals surface area contributed by atoms with Gasteiger partial charge >= 0.3 is 6.09 Å². The Hall–Kier alpha value is -1.29. The predicted octanol–water partition coefficient (Wildman–Crippen LogP) is 4.20. The van der Waals surface area contributed by atoms with Gasteiger partial charge in [0.15, 0.2) is 0 Å². The molecule has 5 heteroatoms. The van der Waals surface area contributed by atoms with E-state index in [0.29, 0.717) is 18.1 Å². The minimum atomic E-state index is -0.508. The number of carbonyl (C=O) groups is 1. The molecule has 2 rings (SSSR count). The van der Waals surface area contributed by atoms with Crippen LogP contribution in [-0.2, 0) is 4.74 Å². The summed E-state index contributed by atoms with van der Waals surface area (Å²) in [5, 5.41) is 0.544. The van der Waals surface area contributed by atoms with E-state index in [0.717, 1.165) is 12.0 Å². The quantitative estimate of drug-likeness (QED) is 0.777. The molecule has 0 spiro atoms. The number of amides is 1. The number of halogens is 2. The fourth-order valence-electron chi connectivity index (χ4n) is 2.33. The third-order valence-electron chi connectivity index (χ3n) is 3.24. The SMILES string of the molecule is CC(C)(C)OC(=O)N1CCC(c2cc(F)ccc2Cl)C1. The van der Waals surface area contributed by atoms with Gasteiger partial charge in [0.1, 0.15) is 11.4 Å². The molecule has 0 aromatic heterocycles. The normalized spacial score (nSPS) is 19.2. The van der Waals surface area contributed by atoms with Gasteiger partial charge in [0.2, 0.25) is 0 Å². The summed E-state index contributed by atoms with van der Waals surface area (Å²) in [6.07, 6.45) is 0.440. The maximum absolute atomic E-state index is 13.3. The Kier molecular flexibility index (Phi) is 4.23. The van der Waals surface area contributed by atoms with E-state index in [1.54, 1.807) is 11.0 Å². The molecule has 1 aliphatic rings. The van der Waals surface area contributed by atoms with Gasteiger partial charge in [0, 0.05) is 24.0 Å². The molecule has 0 radical (unpaired) electrons. The summed E-state index contributed by atoms with van der Waals surface area (Å²) in [6, 6.07) is 4.35. The highest BCUT2D eigenvalue weighted by Gasteiger charge is 2.31. The molecule has 0 N–H and O–H groups in total. The van der Waals surface area contributed by atoms with Crippen LogP contribution in [0.1, 0.15) is 38.7 Å². The summed E-state index contributed by atoms with van der Waals surface area (Å²) >= 11 is 6.11. The fourth-order valence-corrected chi connectivity index (χ4v) is 2.61. The van der Waals surface area contributed by atoms with E-state index in [1.165, 1.54) is 12.1 Å². The zero-order valence-corrected chi connectivity index (χ0v) is 12.7. The highest BCUT2D eigenvalue weighted by atomic mass is 35.5. The third-order valence-corrected chi connectivity index (χ3v) is 3.58. The van der Waals surface area contributed by atoms with Crippen LogP contribution in [0.5, 0.6) is 0 Å². The van der Waals surface area contributed by atoms with Crippen molar-refractivity contribution in [2.24, 2.45) is 0 Å². The molecular weight excluding hydrogens is 281 g/mol. The van der Waals surface area contributed by atoms with Gasteiger partial charge in [-0.3, -0.25) is 0 Å². The van der Waals surface area contributed by atoms with Gasteiger partial charge in [-0.1, -0.05) is 11.6 Å². The number of hydrogen-bond acceptors (Lipinski definition) is 2. The van der Waals surface area contributed by atoms with Gasteiger partial charge in [-0.2, -0.15) is 0 Å². The molecule has 3 nitrogen and oxygen atoms in total. The van der Waals surface area contributed by atoms with Crippen LogP contribution in [0.4, 0.5) is 9.18 Å². The predicted molar refractivity (Wildman–Crippen MR) is 76.6 cm³/mol. The second kappa shape index (κ2) is 5.60. The summed E-state index contributed by atoms with van der Waals surface area (Å²) in [6.45, 7) is 6.62. The molecule has 20 heavy (non-hydrogen) atoms. The van der Waals surface area contributed by atoms with Crippen LogP contribution in [-0.4, -0.2) is 29.7 Å². The molecule has 1 aromatic rings. The number of benzene rings is 1. The molecule has 110 valence electrons. The first-order valence-electron chi connectivity index (χ1n) is 6.69. The molecule has 1 atom stereocenters. The molecule has 1 fully saturated rings. The molecular formula is C15H19ClFNO2. The van der Waals surface area contributed by atoms with Crippen LogP contribution in [0.2, 0.25) is 5.02 Å². The zero-order valence-electron chi connectivity index (χ0n) is 12.0. The Balaban J connectivity index is 2.05. The van der Waals surface area contributed by atoms with E-state index in [4.69, 9.17) is 16.3 Å². The van der Waals surface area contributed by atoms with Crippen molar-refractivity contribution in [1.82, 2.24) is 4.90 Å². The maximum atomic E-state index is 13.3. The third kappa shape index (κ3) is 3.63. The summed E-state index contributed by atoms with van der Waals surface area (Å²) < 4.78 is 18.7. The molecule has 0 aliphatic carbocycles. The molecule has 1 aromatic carbocycles. The summed E-state index contributed by atoms with van der Waals surface area (Å²) in [4.78, 5) is 13.6. The number of hydrogen-bond donors (Lipinski definition) is 0. The summed E-state index contributed by atoms with van der Waals surface area (Å²) in [7, 11) is 0.